The zero-order valence-corrected chi connectivity index (χ0v) is 15.0. The smallest absolute Gasteiger partial charge is 0.220 e. The molecular formula is C18H26N6O. The van der Waals surface area contributed by atoms with Gasteiger partial charge < -0.3 is 14.8 Å². The van der Waals surface area contributed by atoms with Crippen LogP contribution in [0.15, 0.2) is 24.9 Å². The first-order chi connectivity index (χ1) is 12.2. The second-order valence-corrected chi connectivity index (χ2v) is 6.57. The Bertz CT molecular complexity index is 713. The highest BCUT2D eigenvalue weighted by atomic mass is 16.1. The maximum Gasteiger partial charge on any atom is 0.220 e. The van der Waals surface area contributed by atoms with Gasteiger partial charge in [-0.15, -0.1) is 0 Å². The summed E-state index contributed by atoms with van der Waals surface area (Å²) in [5, 5.41) is 3.18. The summed E-state index contributed by atoms with van der Waals surface area (Å²) in [6, 6.07) is 2.22. The van der Waals surface area contributed by atoms with Crippen molar-refractivity contribution < 1.29 is 4.79 Å². The van der Waals surface area contributed by atoms with Gasteiger partial charge in [-0.1, -0.05) is 6.92 Å². The van der Waals surface area contributed by atoms with Crippen LogP contribution in [-0.2, 0) is 24.7 Å². The normalized spacial score (nSPS) is 17.5. The Balaban J connectivity index is 1.52. The molecule has 2 aromatic rings. The number of hydrogen-bond acceptors (Lipinski definition) is 5. The fourth-order valence-corrected chi connectivity index (χ4v) is 3.22. The van der Waals surface area contributed by atoms with Crippen LogP contribution < -0.4 is 10.2 Å². The summed E-state index contributed by atoms with van der Waals surface area (Å²) >= 11 is 0. The van der Waals surface area contributed by atoms with Crippen LogP contribution in [0.25, 0.3) is 0 Å². The number of nitrogens with zero attached hydrogens (tertiary/aromatic N) is 5. The number of piperidine rings is 1. The Morgan fingerprint density at radius 2 is 2.28 bits per heavy atom. The van der Waals surface area contributed by atoms with Gasteiger partial charge in [0, 0.05) is 56.3 Å². The minimum absolute atomic E-state index is 0.102. The number of amides is 1. The highest BCUT2D eigenvalue weighted by molar-refractivity contribution is 5.76. The molecule has 1 atom stereocenters. The molecule has 3 heterocycles. The Labute approximate surface area is 148 Å². The first-order valence-corrected chi connectivity index (χ1v) is 8.96. The largest absolute Gasteiger partial charge is 0.354 e. The molecule has 1 aliphatic rings. The highest BCUT2D eigenvalue weighted by Crippen LogP contribution is 2.18. The van der Waals surface area contributed by atoms with Crippen molar-refractivity contribution in [3.8, 4) is 0 Å². The summed E-state index contributed by atoms with van der Waals surface area (Å²) in [6.45, 7) is 3.87. The SMILES string of the molecule is CCc1cc(N2CCC[C@@H](NC(=O)CCc3cncn3C)C2)ncn1. The molecule has 7 heteroatoms. The molecule has 0 radical (unpaired) electrons. The van der Waals surface area contributed by atoms with Gasteiger partial charge in [0.25, 0.3) is 0 Å². The molecule has 1 fully saturated rings. The Hall–Kier alpha value is -2.44. The third kappa shape index (κ3) is 4.55. The van der Waals surface area contributed by atoms with Crippen molar-refractivity contribution in [3.05, 3.63) is 36.3 Å². The van der Waals surface area contributed by atoms with Gasteiger partial charge in [-0.25, -0.2) is 15.0 Å². The highest BCUT2D eigenvalue weighted by Gasteiger charge is 2.22. The van der Waals surface area contributed by atoms with Gasteiger partial charge in [0.15, 0.2) is 0 Å². The van der Waals surface area contributed by atoms with E-state index < -0.39 is 0 Å². The number of hydrogen-bond donors (Lipinski definition) is 1. The minimum atomic E-state index is 0.102. The van der Waals surface area contributed by atoms with Crippen LogP contribution >= 0.6 is 0 Å². The fraction of sp³-hybridized carbons (Fsp3) is 0.556. The van der Waals surface area contributed by atoms with Crippen molar-refractivity contribution >= 4 is 11.7 Å². The van der Waals surface area contributed by atoms with Gasteiger partial charge in [-0.05, 0) is 25.7 Å². The molecule has 0 saturated carbocycles. The van der Waals surface area contributed by atoms with Crippen LogP contribution in [0.1, 0.15) is 37.6 Å². The molecule has 1 aliphatic heterocycles. The number of nitrogens with one attached hydrogen (secondary N) is 1. The molecular weight excluding hydrogens is 316 g/mol. The molecule has 0 aliphatic carbocycles. The van der Waals surface area contributed by atoms with E-state index in [0.29, 0.717) is 12.8 Å². The summed E-state index contributed by atoms with van der Waals surface area (Å²) in [5.74, 6) is 1.06. The second-order valence-electron chi connectivity index (χ2n) is 6.57. The quantitative estimate of drug-likeness (QED) is 0.861. The molecule has 2 aromatic heterocycles. The van der Waals surface area contributed by atoms with Crippen molar-refractivity contribution in [1.82, 2.24) is 24.8 Å². The third-order valence-electron chi connectivity index (χ3n) is 4.71. The standard InChI is InChI=1S/C18H26N6O/c1-3-14-9-17(21-12-20-14)24-8-4-5-15(11-24)22-18(25)7-6-16-10-19-13-23(16)2/h9-10,12-13,15H,3-8,11H2,1-2H3,(H,22,25)/t15-/m1/s1. The van der Waals surface area contributed by atoms with Gasteiger partial charge in [0.1, 0.15) is 12.1 Å². The van der Waals surface area contributed by atoms with Gasteiger partial charge in [-0.3, -0.25) is 4.79 Å². The summed E-state index contributed by atoms with van der Waals surface area (Å²) < 4.78 is 1.95. The van der Waals surface area contributed by atoms with Crippen LogP contribution in [0.4, 0.5) is 5.82 Å². The van der Waals surface area contributed by atoms with Crippen LogP contribution in [-0.4, -0.2) is 44.6 Å². The third-order valence-corrected chi connectivity index (χ3v) is 4.71. The molecule has 1 saturated heterocycles. The predicted octanol–water partition coefficient (Wildman–Crippen LogP) is 1.49. The monoisotopic (exact) mass is 342 g/mol. The molecule has 1 amide bonds. The molecule has 3 rings (SSSR count). The fourth-order valence-electron chi connectivity index (χ4n) is 3.22. The number of anilines is 1. The maximum absolute atomic E-state index is 12.3. The van der Waals surface area contributed by atoms with Gasteiger partial charge in [0.2, 0.25) is 5.91 Å². The topological polar surface area (TPSA) is 75.9 Å². The lowest BCUT2D eigenvalue weighted by Crippen LogP contribution is -2.48. The molecule has 134 valence electrons. The second kappa shape index (κ2) is 8.09. The zero-order chi connectivity index (χ0) is 17.6. The van der Waals surface area contributed by atoms with Crippen molar-refractivity contribution in [2.45, 2.75) is 45.1 Å². The Morgan fingerprint density at radius 3 is 3.04 bits per heavy atom. The first kappa shape index (κ1) is 17.4. The van der Waals surface area contributed by atoms with Crippen LogP contribution in [0.5, 0.6) is 0 Å². The zero-order valence-electron chi connectivity index (χ0n) is 15.0. The lowest BCUT2D eigenvalue weighted by atomic mass is 10.1. The maximum atomic E-state index is 12.3. The van der Waals surface area contributed by atoms with E-state index in [9.17, 15) is 4.79 Å². The Morgan fingerprint density at radius 1 is 1.40 bits per heavy atom. The number of imidazole rings is 1. The summed E-state index contributed by atoms with van der Waals surface area (Å²) in [6.07, 6.45) is 9.38. The number of aryl methyl sites for hydroxylation is 3. The number of carbonyl (C=O) groups excluding carboxylic acids is 1. The molecule has 25 heavy (non-hydrogen) atoms. The number of carbonyl (C=O) groups is 1. The number of aromatic nitrogens is 4. The van der Waals surface area contributed by atoms with E-state index in [1.165, 1.54) is 0 Å². The summed E-state index contributed by atoms with van der Waals surface area (Å²) in [4.78, 5) is 27.3. The number of rotatable bonds is 6. The van der Waals surface area contributed by atoms with Gasteiger partial charge in [-0.2, -0.15) is 0 Å². The molecule has 1 N–H and O–H groups in total. The van der Waals surface area contributed by atoms with Crippen LogP contribution in [0.3, 0.4) is 0 Å². The van der Waals surface area contributed by atoms with E-state index in [4.69, 9.17) is 0 Å². The van der Waals surface area contributed by atoms with Crippen molar-refractivity contribution in [1.29, 1.82) is 0 Å². The summed E-state index contributed by atoms with van der Waals surface area (Å²) in [7, 11) is 1.95. The molecule has 0 spiro atoms. The van der Waals surface area contributed by atoms with Crippen molar-refractivity contribution in [3.63, 3.8) is 0 Å². The van der Waals surface area contributed by atoms with E-state index in [0.717, 1.165) is 49.6 Å². The van der Waals surface area contributed by atoms with E-state index in [1.807, 2.05) is 23.9 Å². The van der Waals surface area contributed by atoms with E-state index in [-0.39, 0.29) is 11.9 Å². The summed E-state index contributed by atoms with van der Waals surface area (Å²) in [5.41, 5.74) is 2.13. The van der Waals surface area contributed by atoms with Crippen LogP contribution in [0.2, 0.25) is 0 Å². The van der Waals surface area contributed by atoms with E-state index >= 15 is 0 Å². The van der Waals surface area contributed by atoms with Crippen LogP contribution in [0, 0.1) is 0 Å². The molecule has 0 bridgehead atoms. The predicted molar refractivity (Wildman–Crippen MR) is 96.3 cm³/mol. The van der Waals surface area contributed by atoms with Crippen molar-refractivity contribution in [2.24, 2.45) is 7.05 Å². The molecule has 0 aromatic carbocycles. The van der Waals surface area contributed by atoms with E-state index in [1.54, 1.807) is 12.7 Å². The van der Waals surface area contributed by atoms with E-state index in [2.05, 4.69) is 32.1 Å². The lowest BCUT2D eigenvalue weighted by molar-refractivity contribution is -0.121. The average molecular weight is 342 g/mol. The van der Waals surface area contributed by atoms with Crippen molar-refractivity contribution in [2.75, 3.05) is 18.0 Å². The average Bonchev–Trinajstić information content (AvgIpc) is 3.05. The molecule has 7 nitrogen and oxygen atoms in total. The van der Waals surface area contributed by atoms with Gasteiger partial charge >= 0.3 is 0 Å². The minimum Gasteiger partial charge on any atom is -0.354 e. The Kier molecular flexibility index (Phi) is 5.63. The first-order valence-electron chi connectivity index (χ1n) is 8.96. The van der Waals surface area contributed by atoms with Gasteiger partial charge in [0.05, 0.1) is 6.33 Å². The molecule has 0 unspecified atom stereocenters. The lowest BCUT2D eigenvalue weighted by Gasteiger charge is -2.34.